The first-order valence-electron chi connectivity index (χ1n) is 4.33. The molecule has 15 heavy (non-hydrogen) atoms. The van der Waals surface area contributed by atoms with Gasteiger partial charge in [-0.2, -0.15) is 0 Å². The molecule has 0 atom stereocenters. The third-order valence-electron chi connectivity index (χ3n) is 1.76. The first-order chi connectivity index (χ1) is 7.09. The van der Waals surface area contributed by atoms with Gasteiger partial charge in [0, 0.05) is 17.5 Å². The van der Waals surface area contributed by atoms with Crippen molar-refractivity contribution in [2.75, 3.05) is 0 Å². The number of hydrogen-bond acceptors (Lipinski definition) is 2. The van der Waals surface area contributed by atoms with Gasteiger partial charge in [0.05, 0.1) is 0 Å². The minimum absolute atomic E-state index is 0.170. The van der Waals surface area contributed by atoms with E-state index in [1.165, 1.54) is 0 Å². The van der Waals surface area contributed by atoms with E-state index >= 15 is 0 Å². The fourth-order valence-electron chi connectivity index (χ4n) is 1.06. The van der Waals surface area contributed by atoms with Gasteiger partial charge in [-0.1, -0.05) is 29.8 Å². The third-order valence-corrected chi connectivity index (χ3v) is 2.12. The average molecular weight is 224 g/mol. The predicted molar refractivity (Wildman–Crippen MR) is 58.5 cm³/mol. The van der Waals surface area contributed by atoms with Crippen molar-refractivity contribution >= 4 is 23.3 Å². The molecular weight excluding hydrogens is 214 g/mol. The Kier molecular flexibility index (Phi) is 4.06. The molecule has 1 aromatic rings. The Hall–Kier alpha value is -1.61. The average Bonchev–Trinajstić information content (AvgIpc) is 2.18. The summed E-state index contributed by atoms with van der Waals surface area (Å²) in [6, 6.07) is 7.06. The van der Waals surface area contributed by atoms with Crippen molar-refractivity contribution in [2.24, 2.45) is 5.73 Å². The van der Waals surface area contributed by atoms with Crippen molar-refractivity contribution in [3.05, 3.63) is 47.0 Å². The summed E-state index contributed by atoms with van der Waals surface area (Å²) in [5, 5.41) is 0.540. The topological polar surface area (TPSA) is 60.2 Å². The monoisotopic (exact) mass is 223 g/mol. The van der Waals surface area contributed by atoms with Gasteiger partial charge in [0.15, 0.2) is 5.78 Å². The van der Waals surface area contributed by atoms with Crippen LogP contribution in [-0.4, -0.2) is 11.7 Å². The molecule has 1 amide bonds. The van der Waals surface area contributed by atoms with E-state index < -0.39 is 5.91 Å². The summed E-state index contributed by atoms with van der Waals surface area (Å²) < 4.78 is 0. The molecule has 0 fully saturated rings. The zero-order valence-electron chi connectivity index (χ0n) is 7.94. The standard InChI is InChI=1S/C11H10ClNO2/c12-10-4-2-1-3-8(10)7-9(14)5-6-11(13)15/h1-6H,7H2,(H2,13,15)/b6-5+. The lowest BCUT2D eigenvalue weighted by Crippen LogP contribution is -2.07. The lowest BCUT2D eigenvalue weighted by atomic mass is 10.1. The van der Waals surface area contributed by atoms with Crippen molar-refractivity contribution in [3.63, 3.8) is 0 Å². The molecule has 0 heterocycles. The number of carbonyl (C=O) groups is 2. The molecule has 78 valence electrons. The Morgan fingerprint density at radius 1 is 1.27 bits per heavy atom. The van der Waals surface area contributed by atoms with E-state index in [1.54, 1.807) is 24.3 Å². The Labute approximate surface area is 92.5 Å². The Morgan fingerprint density at radius 3 is 2.53 bits per heavy atom. The van der Waals surface area contributed by atoms with Crippen LogP contribution in [0.4, 0.5) is 0 Å². The molecule has 1 aromatic carbocycles. The van der Waals surface area contributed by atoms with Gasteiger partial charge in [-0.15, -0.1) is 0 Å². The molecule has 1 rings (SSSR count). The van der Waals surface area contributed by atoms with Crippen LogP contribution in [0.5, 0.6) is 0 Å². The minimum Gasteiger partial charge on any atom is -0.366 e. The van der Waals surface area contributed by atoms with E-state index in [9.17, 15) is 9.59 Å². The first-order valence-corrected chi connectivity index (χ1v) is 4.71. The quantitative estimate of drug-likeness (QED) is 0.787. The van der Waals surface area contributed by atoms with Gasteiger partial charge < -0.3 is 5.73 Å². The summed E-state index contributed by atoms with van der Waals surface area (Å²) in [5.74, 6) is -0.843. The molecule has 0 saturated heterocycles. The molecule has 3 nitrogen and oxygen atoms in total. The SMILES string of the molecule is NC(=O)/C=C/C(=O)Cc1ccccc1Cl. The highest BCUT2D eigenvalue weighted by Gasteiger charge is 2.03. The second kappa shape index (κ2) is 5.32. The van der Waals surface area contributed by atoms with E-state index in [-0.39, 0.29) is 12.2 Å². The zero-order chi connectivity index (χ0) is 11.3. The van der Waals surface area contributed by atoms with E-state index in [0.717, 1.165) is 17.7 Å². The number of nitrogens with two attached hydrogens (primary N) is 1. The van der Waals surface area contributed by atoms with Crippen LogP contribution in [0.1, 0.15) is 5.56 Å². The normalized spacial score (nSPS) is 10.5. The molecule has 0 bridgehead atoms. The summed E-state index contributed by atoms with van der Waals surface area (Å²) in [4.78, 5) is 21.7. The lowest BCUT2D eigenvalue weighted by molar-refractivity contribution is -0.116. The highest BCUT2D eigenvalue weighted by molar-refractivity contribution is 6.31. The van der Waals surface area contributed by atoms with Crippen LogP contribution in [0.3, 0.4) is 0 Å². The van der Waals surface area contributed by atoms with Crippen LogP contribution in [0.2, 0.25) is 5.02 Å². The van der Waals surface area contributed by atoms with Crippen LogP contribution in [0.15, 0.2) is 36.4 Å². The molecule has 2 N–H and O–H groups in total. The minimum atomic E-state index is -0.637. The van der Waals surface area contributed by atoms with Gasteiger partial charge in [-0.3, -0.25) is 9.59 Å². The Morgan fingerprint density at radius 2 is 1.93 bits per heavy atom. The molecule has 4 heteroatoms. The van der Waals surface area contributed by atoms with Gasteiger partial charge in [-0.05, 0) is 17.7 Å². The molecule has 0 aromatic heterocycles. The smallest absolute Gasteiger partial charge is 0.241 e. The summed E-state index contributed by atoms with van der Waals surface area (Å²) in [7, 11) is 0. The number of amides is 1. The number of halogens is 1. The second-order valence-corrected chi connectivity index (χ2v) is 3.38. The number of primary amides is 1. The number of ketones is 1. The summed E-state index contributed by atoms with van der Waals surface area (Å²) in [6.45, 7) is 0. The number of hydrogen-bond donors (Lipinski definition) is 1. The Bertz CT molecular complexity index is 413. The van der Waals surface area contributed by atoms with Gasteiger partial charge in [-0.25, -0.2) is 0 Å². The Balaban J connectivity index is 2.67. The summed E-state index contributed by atoms with van der Waals surface area (Å²) >= 11 is 5.86. The van der Waals surface area contributed by atoms with E-state index in [4.69, 9.17) is 17.3 Å². The molecular formula is C11H10ClNO2. The molecule has 0 aliphatic heterocycles. The molecule has 0 unspecified atom stereocenters. The first kappa shape index (κ1) is 11.5. The third kappa shape index (κ3) is 3.95. The van der Waals surface area contributed by atoms with Crippen LogP contribution >= 0.6 is 11.6 Å². The predicted octanol–water partition coefficient (Wildman–Crippen LogP) is 1.49. The number of allylic oxidation sites excluding steroid dienone is 1. The highest BCUT2D eigenvalue weighted by atomic mass is 35.5. The highest BCUT2D eigenvalue weighted by Crippen LogP contribution is 2.15. The van der Waals surface area contributed by atoms with Crippen molar-refractivity contribution < 1.29 is 9.59 Å². The number of rotatable bonds is 4. The fourth-order valence-corrected chi connectivity index (χ4v) is 1.27. The molecule has 0 aliphatic rings. The van der Waals surface area contributed by atoms with Crippen molar-refractivity contribution in [1.82, 2.24) is 0 Å². The van der Waals surface area contributed by atoms with Crippen LogP contribution in [0.25, 0.3) is 0 Å². The molecule has 0 spiro atoms. The van der Waals surface area contributed by atoms with Crippen LogP contribution in [-0.2, 0) is 16.0 Å². The van der Waals surface area contributed by atoms with Gasteiger partial charge in [0.25, 0.3) is 0 Å². The zero-order valence-corrected chi connectivity index (χ0v) is 8.70. The van der Waals surface area contributed by atoms with Crippen molar-refractivity contribution in [1.29, 1.82) is 0 Å². The van der Waals surface area contributed by atoms with Crippen LogP contribution < -0.4 is 5.73 Å². The molecule has 0 aliphatic carbocycles. The number of benzene rings is 1. The fraction of sp³-hybridized carbons (Fsp3) is 0.0909. The van der Waals surface area contributed by atoms with Crippen molar-refractivity contribution in [3.8, 4) is 0 Å². The summed E-state index contributed by atoms with van der Waals surface area (Å²) in [6.07, 6.45) is 2.37. The maximum absolute atomic E-state index is 11.3. The second-order valence-electron chi connectivity index (χ2n) is 2.97. The summed E-state index contributed by atoms with van der Waals surface area (Å²) in [5.41, 5.74) is 5.59. The largest absolute Gasteiger partial charge is 0.366 e. The van der Waals surface area contributed by atoms with Crippen molar-refractivity contribution in [2.45, 2.75) is 6.42 Å². The van der Waals surface area contributed by atoms with E-state index in [1.807, 2.05) is 0 Å². The molecule has 0 saturated carbocycles. The lowest BCUT2D eigenvalue weighted by Gasteiger charge is -1.99. The maximum atomic E-state index is 11.3. The molecule has 0 radical (unpaired) electrons. The number of carbonyl (C=O) groups excluding carboxylic acids is 2. The van der Waals surface area contributed by atoms with Gasteiger partial charge in [0.2, 0.25) is 5.91 Å². The maximum Gasteiger partial charge on any atom is 0.241 e. The van der Waals surface area contributed by atoms with E-state index in [2.05, 4.69) is 0 Å². The van der Waals surface area contributed by atoms with Gasteiger partial charge >= 0.3 is 0 Å². The van der Waals surface area contributed by atoms with Crippen LogP contribution in [0, 0.1) is 0 Å². The van der Waals surface area contributed by atoms with E-state index in [0.29, 0.717) is 5.02 Å². The van der Waals surface area contributed by atoms with Gasteiger partial charge in [0.1, 0.15) is 0 Å².